The molecule has 0 heterocycles. The zero-order chi connectivity index (χ0) is 64.5. The first-order chi connectivity index (χ1) is 46.6. The summed E-state index contributed by atoms with van der Waals surface area (Å²) < 4.78 is 75.1. The van der Waals surface area contributed by atoms with Crippen molar-refractivity contribution in [2.75, 3.05) is 0 Å². The van der Waals surface area contributed by atoms with Crippen molar-refractivity contribution in [3.63, 3.8) is 0 Å². The molecule has 10 rings (SSSR count). The van der Waals surface area contributed by atoms with E-state index in [0.717, 1.165) is 55.6 Å². The molecule has 0 aliphatic rings. The third-order valence-electron chi connectivity index (χ3n) is 16.2. The van der Waals surface area contributed by atoms with Gasteiger partial charge in [0.2, 0.25) is 0 Å². The molecular weight excluding hydrogens is 1170 g/mol. The van der Waals surface area contributed by atoms with E-state index in [1.165, 1.54) is 0 Å². The van der Waals surface area contributed by atoms with E-state index >= 15 is 0 Å². The van der Waals surface area contributed by atoms with Crippen molar-refractivity contribution in [2.45, 2.75) is 127 Å². The Morgan fingerprint density at radius 1 is 0.170 bits per heavy atom. The lowest BCUT2D eigenvalue weighted by Gasteiger charge is -2.45. The Bertz CT molecular complexity index is 3370. The van der Waals surface area contributed by atoms with Gasteiger partial charge in [0.05, 0.1) is 66.1 Å². The third kappa shape index (κ3) is 21.7. The van der Waals surface area contributed by atoms with Gasteiger partial charge < -0.3 is 47.4 Å². The average Bonchev–Trinajstić information content (AvgIpc) is 1.19. The Morgan fingerprint density at radius 3 is 0.426 bits per heavy atom. The highest BCUT2D eigenvalue weighted by Crippen LogP contribution is 2.35. The Morgan fingerprint density at radius 2 is 0.287 bits per heavy atom. The zero-order valence-corrected chi connectivity index (χ0v) is 53.4. The van der Waals surface area contributed by atoms with Crippen LogP contribution in [0.25, 0.3) is 0 Å². The summed E-state index contributed by atoms with van der Waals surface area (Å²) in [5.41, 5.74) is 9.36. The van der Waals surface area contributed by atoms with Crippen LogP contribution in [0, 0.1) is 0 Å². The summed E-state index contributed by atoms with van der Waals surface area (Å²) in [6, 6.07) is 101. The summed E-state index contributed by atoms with van der Waals surface area (Å²) in [6.45, 7) is 10.6. The molecule has 10 aromatic carbocycles. The minimum Gasteiger partial charge on any atom is -0.368 e. The van der Waals surface area contributed by atoms with Gasteiger partial charge in [-0.1, -0.05) is 315 Å². The molecule has 0 aliphatic heterocycles. The van der Waals surface area contributed by atoms with E-state index in [1.54, 1.807) is 12.2 Å². The fourth-order valence-corrected chi connectivity index (χ4v) is 11.3. The molecule has 0 spiro atoms. The van der Waals surface area contributed by atoms with Gasteiger partial charge in [-0.05, 0) is 55.6 Å². The van der Waals surface area contributed by atoms with Crippen molar-refractivity contribution in [3.05, 3.63) is 384 Å². The van der Waals surface area contributed by atoms with Crippen LogP contribution in [0.3, 0.4) is 0 Å². The maximum absolute atomic E-state index is 7.79. The molecule has 0 saturated carbocycles. The molecular formula is C84H86O10. The normalized spacial score (nSPS) is 14.7. The lowest BCUT2D eigenvalue weighted by molar-refractivity contribution is -0.261. The first kappa shape index (κ1) is 68.1. The van der Waals surface area contributed by atoms with E-state index in [1.807, 2.05) is 231 Å². The summed E-state index contributed by atoms with van der Waals surface area (Å²) in [4.78, 5) is 0. The molecule has 0 aliphatic carbocycles. The monoisotopic (exact) mass is 1250 g/mol. The maximum Gasteiger partial charge on any atom is 0.116 e. The molecule has 0 amide bonds. The van der Waals surface area contributed by atoms with Gasteiger partial charge in [-0.3, -0.25) is 0 Å². The van der Waals surface area contributed by atoms with Gasteiger partial charge in [-0.15, -0.1) is 13.2 Å². The Labute approximate surface area is 555 Å². The van der Waals surface area contributed by atoms with E-state index in [2.05, 4.69) is 86.0 Å². The number of hydrogen-bond donors (Lipinski definition) is 0. The minimum atomic E-state index is -1.11. The maximum atomic E-state index is 7.79. The molecule has 0 saturated heterocycles. The van der Waals surface area contributed by atoms with E-state index < -0.39 is 61.0 Å². The first-order valence-electron chi connectivity index (χ1n) is 32.4. The van der Waals surface area contributed by atoms with Gasteiger partial charge in [0.1, 0.15) is 61.0 Å². The van der Waals surface area contributed by atoms with Gasteiger partial charge in [0, 0.05) is 0 Å². The van der Waals surface area contributed by atoms with Crippen LogP contribution in [-0.2, 0) is 113 Å². The molecule has 10 aromatic rings. The van der Waals surface area contributed by atoms with E-state index in [-0.39, 0.29) is 66.1 Å². The zero-order valence-electron chi connectivity index (χ0n) is 53.4. The summed E-state index contributed by atoms with van der Waals surface area (Å²) in [7, 11) is 0. The fourth-order valence-electron chi connectivity index (χ4n) is 11.3. The molecule has 0 unspecified atom stereocenters. The van der Waals surface area contributed by atoms with Crippen molar-refractivity contribution >= 4 is 0 Å². The molecule has 94 heavy (non-hydrogen) atoms. The predicted octanol–water partition coefficient (Wildman–Crippen LogP) is 17.2. The Kier molecular flexibility index (Phi) is 27.9. The molecule has 0 fully saturated rings. The summed E-state index contributed by atoms with van der Waals surface area (Å²) in [5.74, 6) is 0. The highest BCUT2D eigenvalue weighted by molar-refractivity contribution is 5.22. The number of hydrogen-bond acceptors (Lipinski definition) is 10. The van der Waals surface area contributed by atoms with Gasteiger partial charge >= 0.3 is 0 Å². The van der Waals surface area contributed by atoms with Gasteiger partial charge in [0.15, 0.2) is 0 Å². The van der Waals surface area contributed by atoms with Crippen LogP contribution in [0.1, 0.15) is 55.6 Å². The molecule has 10 heteroatoms. The SMILES string of the molecule is C=C[C@H](OCc1ccccc1)[C@@H](OCc1ccccc1)[C@H](OCc1ccccc1)[C@H](OCc1ccccc1)[C@H](OCc1ccccc1)[C@H](OCc1ccccc1)[C@@H](OCc1ccccc1)[C@@H](OCc1ccccc1)[C@H](OCc1ccccc1)[C@H](C=C)OCc1ccccc1. The van der Waals surface area contributed by atoms with Crippen molar-refractivity contribution in [3.8, 4) is 0 Å². The van der Waals surface area contributed by atoms with Crippen molar-refractivity contribution in [2.24, 2.45) is 0 Å². The number of benzene rings is 10. The van der Waals surface area contributed by atoms with E-state index in [9.17, 15) is 0 Å². The van der Waals surface area contributed by atoms with Crippen LogP contribution < -0.4 is 0 Å². The Hall–Kier alpha value is -8.72. The van der Waals surface area contributed by atoms with Crippen LogP contribution in [0.15, 0.2) is 329 Å². The lowest BCUT2D eigenvalue weighted by Crippen LogP contribution is -2.62. The van der Waals surface area contributed by atoms with Crippen LogP contribution >= 0.6 is 0 Å². The second-order valence-electron chi connectivity index (χ2n) is 23.1. The van der Waals surface area contributed by atoms with E-state index in [4.69, 9.17) is 47.4 Å². The molecule has 0 bridgehead atoms. The van der Waals surface area contributed by atoms with Crippen LogP contribution in [-0.4, -0.2) is 61.0 Å². The number of rotatable bonds is 41. The molecule has 0 radical (unpaired) electrons. The van der Waals surface area contributed by atoms with Crippen LogP contribution in [0.5, 0.6) is 0 Å². The van der Waals surface area contributed by atoms with E-state index in [0.29, 0.717) is 0 Å². The minimum absolute atomic E-state index is 0.114. The second-order valence-corrected chi connectivity index (χ2v) is 23.1. The largest absolute Gasteiger partial charge is 0.368 e. The molecule has 0 aromatic heterocycles. The highest BCUT2D eigenvalue weighted by Gasteiger charge is 2.51. The molecule has 10 nitrogen and oxygen atoms in total. The van der Waals surface area contributed by atoms with Crippen LogP contribution in [0.4, 0.5) is 0 Å². The van der Waals surface area contributed by atoms with Crippen molar-refractivity contribution in [1.82, 2.24) is 0 Å². The highest BCUT2D eigenvalue weighted by atomic mass is 16.6. The summed E-state index contributed by atoms with van der Waals surface area (Å²) >= 11 is 0. The van der Waals surface area contributed by atoms with Gasteiger partial charge in [-0.2, -0.15) is 0 Å². The molecule has 482 valence electrons. The first-order valence-corrected chi connectivity index (χ1v) is 32.4. The summed E-state index contributed by atoms with van der Waals surface area (Å²) in [6.07, 6.45) is -6.24. The van der Waals surface area contributed by atoms with Crippen LogP contribution in [0.2, 0.25) is 0 Å². The molecule has 0 N–H and O–H groups in total. The van der Waals surface area contributed by atoms with Gasteiger partial charge in [0.25, 0.3) is 0 Å². The van der Waals surface area contributed by atoms with Crippen molar-refractivity contribution in [1.29, 1.82) is 0 Å². The summed E-state index contributed by atoms with van der Waals surface area (Å²) in [5, 5.41) is 0. The van der Waals surface area contributed by atoms with Gasteiger partial charge in [-0.25, -0.2) is 0 Å². The lowest BCUT2D eigenvalue weighted by atomic mass is 9.88. The topological polar surface area (TPSA) is 92.3 Å². The molecule has 10 atom stereocenters. The predicted molar refractivity (Wildman–Crippen MR) is 371 cm³/mol. The fraction of sp³-hybridized carbons (Fsp3) is 0.238. The van der Waals surface area contributed by atoms with Crippen molar-refractivity contribution < 1.29 is 47.4 Å². The standard InChI is InChI=1S/C84H86O10/c1-3-75(85-55-65-35-15-5-16-36-65)77(87-57-67-39-19-7-20-40-67)79(89-59-69-43-23-9-24-44-69)81(91-61-71-47-27-11-28-48-71)83(93-63-73-51-31-13-32-52-73)84(94-64-74-53-33-14-34-54-74)82(92-62-72-49-29-12-30-50-72)80(90-60-70-45-25-10-26-46-70)78(88-58-68-41-21-8-22-42-68)76(4-2)86-56-66-37-17-6-18-38-66/h3-54,75-84H,1-2,55-64H2/t75-,76-,77+,78+,79-,80-,81-,82-,83-,84+/m0/s1. The quantitative estimate of drug-likeness (QED) is 0.0345. The second kappa shape index (κ2) is 38.5. The average molecular weight is 1260 g/mol. The smallest absolute Gasteiger partial charge is 0.116 e. The Balaban J connectivity index is 1.22. The number of ether oxygens (including phenoxy) is 10. The third-order valence-corrected chi connectivity index (χ3v) is 16.2.